The summed E-state index contributed by atoms with van der Waals surface area (Å²) >= 11 is 0. The highest BCUT2D eigenvalue weighted by Gasteiger charge is 2.50. The summed E-state index contributed by atoms with van der Waals surface area (Å²) in [6.07, 6.45) is -3.56. The molecule has 24 heavy (non-hydrogen) atoms. The summed E-state index contributed by atoms with van der Waals surface area (Å²) in [5.41, 5.74) is -1.57. The minimum absolute atomic E-state index is 0.326. The summed E-state index contributed by atoms with van der Waals surface area (Å²) in [4.78, 5) is 25.2. The number of aliphatic hydroxyl groups excluding tert-OH is 2. The van der Waals surface area contributed by atoms with Gasteiger partial charge < -0.3 is 19.4 Å². The van der Waals surface area contributed by atoms with E-state index in [4.69, 9.17) is 9.16 Å². The molecule has 0 bridgehead atoms. The number of nitrogens with zero attached hydrogens (tertiary/aromatic N) is 1. The molecule has 0 aromatic carbocycles. The predicted octanol–water partition coefficient (Wildman–Crippen LogP) is -0.429. The summed E-state index contributed by atoms with van der Waals surface area (Å²) < 4.78 is 12.9. The summed E-state index contributed by atoms with van der Waals surface area (Å²) in [7, 11) is -1.43. The van der Waals surface area contributed by atoms with Gasteiger partial charge in [-0.1, -0.05) is 20.8 Å². The van der Waals surface area contributed by atoms with E-state index in [0.29, 0.717) is 0 Å². The SMILES string of the molecule is C[SiH](C)OC(C1OC(n2ccc(=O)[nH]c2=O)C(O)C1O)C(C)(C)C. The number of H-pyrrole nitrogens is 1. The van der Waals surface area contributed by atoms with Crippen molar-refractivity contribution in [3.8, 4) is 0 Å². The zero-order valence-corrected chi connectivity index (χ0v) is 15.7. The maximum absolute atomic E-state index is 11.9. The van der Waals surface area contributed by atoms with Gasteiger partial charge >= 0.3 is 5.69 Å². The maximum Gasteiger partial charge on any atom is 0.330 e. The van der Waals surface area contributed by atoms with E-state index in [2.05, 4.69) is 4.98 Å². The molecule has 1 saturated heterocycles. The molecule has 0 saturated carbocycles. The summed E-state index contributed by atoms with van der Waals surface area (Å²) in [5, 5.41) is 20.8. The molecule has 2 heterocycles. The fourth-order valence-electron chi connectivity index (χ4n) is 2.86. The molecule has 9 heteroatoms. The van der Waals surface area contributed by atoms with Crippen LogP contribution >= 0.6 is 0 Å². The van der Waals surface area contributed by atoms with Gasteiger partial charge in [0.2, 0.25) is 0 Å². The smallest absolute Gasteiger partial charge is 0.330 e. The van der Waals surface area contributed by atoms with Crippen LogP contribution in [0.15, 0.2) is 21.9 Å². The Morgan fingerprint density at radius 3 is 2.42 bits per heavy atom. The normalized spacial score (nSPS) is 29.2. The molecule has 2 rings (SSSR count). The van der Waals surface area contributed by atoms with Crippen LogP contribution in [0.5, 0.6) is 0 Å². The van der Waals surface area contributed by atoms with E-state index in [1.165, 1.54) is 6.20 Å². The van der Waals surface area contributed by atoms with Gasteiger partial charge in [-0.05, 0) is 18.5 Å². The lowest BCUT2D eigenvalue weighted by molar-refractivity contribution is -0.108. The Hall–Kier alpha value is -1.26. The molecule has 1 aromatic rings. The van der Waals surface area contributed by atoms with E-state index in [-0.39, 0.29) is 5.41 Å². The number of hydrogen-bond donors (Lipinski definition) is 3. The van der Waals surface area contributed by atoms with Crippen LogP contribution in [0, 0.1) is 5.41 Å². The van der Waals surface area contributed by atoms with E-state index in [1.807, 2.05) is 33.9 Å². The molecule has 1 aliphatic rings. The number of aromatic nitrogens is 2. The molecule has 1 fully saturated rings. The van der Waals surface area contributed by atoms with E-state index >= 15 is 0 Å². The van der Waals surface area contributed by atoms with Crippen LogP contribution in [0.4, 0.5) is 0 Å². The third kappa shape index (κ3) is 3.86. The highest BCUT2D eigenvalue weighted by atomic mass is 28.3. The van der Waals surface area contributed by atoms with Crippen LogP contribution in [-0.2, 0) is 9.16 Å². The van der Waals surface area contributed by atoms with Crippen LogP contribution < -0.4 is 11.2 Å². The molecule has 1 aromatic heterocycles. The van der Waals surface area contributed by atoms with Crippen molar-refractivity contribution in [2.24, 2.45) is 5.41 Å². The van der Waals surface area contributed by atoms with Gasteiger partial charge in [0, 0.05) is 12.3 Å². The van der Waals surface area contributed by atoms with E-state index < -0.39 is 50.9 Å². The highest BCUT2D eigenvalue weighted by molar-refractivity contribution is 6.48. The third-order valence-electron chi connectivity index (χ3n) is 3.97. The predicted molar refractivity (Wildman–Crippen MR) is 90.5 cm³/mol. The fourth-order valence-corrected chi connectivity index (χ4v) is 4.01. The first kappa shape index (κ1) is 19.1. The molecular weight excluding hydrogens is 332 g/mol. The Morgan fingerprint density at radius 1 is 1.29 bits per heavy atom. The van der Waals surface area contributed by atoms with Crippen molar-refractivity contribution < 1.29 is 19.4 Å². The molecule has 3 N–H and O–H groups in total. The number of ether oxygens (including phenoxy) is 1. The van der Waals surface area contributed by atoms with Crippen molar-refractivity contribution in [1.82, 2.24) is 9.55 Å². The lowest BCUT2D eigenvalue weighted by Gasteiger charge is -2.37. The van der Waals surface area contributed by atoms with Crippen molar-refractivity contribution in [2.45, 2.75) is 64.5 Å². The summed E-state index contributed by atoms with van der Waals surface area (Å²) in [6, 6.07) is 1.16. The number of rotatable bonds is 4. The minimum atomic E-state index is -1.43. The first-order chi connectivity index (χ1) is 11.0. The largest absolute Gasteiger partial charge is 0.414 e. The molecule has 5 unspecified atom stereocenters. The van der Waals surface area contributed by atoms with Gasteiger partial charge in [-0.2, -0.15) is 0 Å². The first-order valence-corrected chi connectivity index (χ1v) is 10.8. The summed E-state index contributed by atoms with van der Waals surface area (Å²) in [5.74, 6) is 0. The van der Waals surface area contributed by atoms with Crippen molar-refractivity contribution in [3.05, 3.63) is 33.1 Å². The van der Waals surface area contributed by atoms with E-state index in [0.717, 1.165) is 10.6 Å². The third-order valence-corrected chi connectivity index (χ3v) is 4.81. The van der Waals surface area contributed by atoms with Gasteiger partial charge in [0.1, 0.15) is 18.3 Å². The Balaban J connectivity index is 2.34. The zero-order valence-electron chi connectivity index (χ0n) is 14.6. The number of hydrogen-bond acceptors (Lipinski definition) is 6. The molecular formula is C15H26N2O6Si. The molecule has 0 amide bonds. The number of aliphatic hydroxyl groups is 2. The minimum Gasteiger partial charge on any atom is -0.414 e. The van der Waals surface area contributed by atoms with Gasteiger partial charge in [0.15, 0.2) is 15.3 Å². The van der Waals surface area contributed by atoms with Crippen LogP contribution in [0.25, 0.3) is 0 Å². The van der Waals surface area contributed by atoms with Gasteiger partial charge in [-0.15, -0.1) is 0 Å². The van der Waals surface area contributed by atoms with Crippen LogP contribution in [0.1, 0.15) is 27.0 Å². The molecule has 0 radical (unpaired) electrons. The van der Waals surface area contributed by atoms with Crippen molar-refractivity contribution >= 4 is 9.04 Å². The second kappa shape index (κ2) is 6.93. The lowest BCUT2D eigenvalue weighted by atomic mass is 9.84. The quantitative estimate of drug-likeness (QED) is 0.630. The van der Waals surface area contributed by atoms with Crippen molar-refractivity contribution in [3.63, 3.8) is 0 Å². The van der Waals surface area contributed by atoms with Gasteiger partial charge in [0.25, 0.3) is 5.56 Å². The molecule has 0 aliphatic carbocycles. The second-order valence-corrected chi connectivity index (χ2v) is 9.83. The first-order valence-electron chi connectivity index (χ1n) is 8.01. The average Bonchev–Trinajstić information content (AvgIpc) is 2.72. The van der Waals surface area contributed by atoms with Crippen LogP contribution in [-0.4, -0.2) is 53.2 Å². The Labute approximate surface area is 141 Å². The molecule has 5 atom stereocenters. The molecule has 0 spiro atoms. The van der Waals surface area contributed by atoms with Crippen molar-refractivity contribution in [1.29, 1.82) is 0 Å². The average molecular weight is 358 g/mol. The summed E-state index contributed by atoms with van der Waals surface area (Å²) in [6.45, 7) is 9.93. The monoisotopic (exact) mass is 358 g/mol. The van der Waals surface area contributed by atoms with Gasteiger partial charge in [0.05, 0.1) is 6.10 Å². The van der Waals surface area contributed by atoms with Crippen molar-refractivity contribution in [2.75, 3.05) is 0 Å². The van der Waals surface area contributed by atoms with Gasteiger partial charge in [-0.3, -0.25) is 14.3 Å². The van der Waals surface area contributed by atoms with Crippen LogP contribution in [0.2, 0.25) is 13.1 Å². The van der Waals surface area contributed by atoms with E-state index in [1.54, 1.807) is 0 Å². The Bertz CT molecular complexity index is 680. The van der Waals surface area contributed by atoms with Crippen LogP contribution in [0.3, 0.4) is 0 Å². The Morgan fingerprint density at radius 2 is 1.92 bits per heavy atom. The Kier molecular flexibility index (Phi) is 5.50. The zero-order chi connectivity index (χ0) is 18.2. The molecule has 8 nitrogen and oxygen atoms in total. The van der Waals surface area contributed by atoms with Gasteiger partial charge in [-0.25, -0.2) is 4.79 Å². The second-order valence-electron chi connectivity index (χ2n) is 7.46. The standard InChI is InChI=1S/C15H26N2O6Si/c1-15(2,3)12(23-24(4)5)11-9(19)10(20)13(22-11)17-7-6-8(18)16-14(17)21/h6-7,9-13,19-20,24H,1-5H3,(H,16,18,21). The lowest BCUT2D eigenvalue weighted by Crippen LogP contribution is -2.48. The topological polar surface area (TPSA) is 114 Å². The fraction of sp³-hybridized carbons (Fsp3) is 0.733. The highest BCUT2D eigenvalue weighted by Crippen LogP contribution is 2.37. The maximum atomic E-state index is 11.9. The molecule has 1 aliphatic heterocycles. The number of nitrogens with one attached hydrogen (secondary N) is 1. The van der Waals surface area contributed by atoms with E-state index in [9.17, 15) is 19.8 Å². The molecule has 136 valence electrons. The number of aromatic amines is 1.